The van der Waals surface area contributed by atoms with Gasteiger partial charge in [0, 0.05) is 26.2 Å². The minimum atomic E-state index is -4.40. The molecule has 1 aromatic heterocycles. The summed E-state index contributed by atoms with van der Waals surface area (Å²) in [4.78, 5) is 19.9. The molecular weight excluding hydrogens is 445 g/mol. The van der Waals surface area contributed by atoms with Crippen molar-refractivity contribution in [1.29, 1.82) is 0 Å². The van der Waals surface area contributed by atoms with Crippen LogP contribution in [0.3, 0.4) is 0 Å². The second kappa shape index (κ2) is 9.88. The quantitative estimate of drug-likeness (QED) is 0.457. The van der Waals surface area contributed by atoms with Gasteiger partial charge >= 0.3 is 18.8 Å². The monoisotopic (exact) mass is 465 g/mol. The zero-order chi connectivity index (χ0) is 22.6. The fourth-order valence-corrected chi connectivity index (χ4v) is 4.22. The highest BCUT2D eigenvalue weighted by Gasteiger charge is 2.32. The van der Waals surface area contributed by atoms with Crippen LogP contribution in [0.1, 0.15) is 20.8 Å². The standard InChI is InChI=1S/C19H20F5N3O3S/c1-29-16(28)15-8-25-18(31-15)27-7-6-26(10-14(27)11-30-17(20)21)9-12-2-4-13(5-3-12)19(22,23)24/h2-5,8,14,17H,6-7,9-11H2,1H3/t14-/m0/s1. The van der Waals surface area contributed by atoms with Gasteiger partial charge in [-0.3, -0.25) is 4.90 Å². The number of halogens is 5. The maximum absolute atomic E-state index is 12.7. The zero-order valence-electron chi connectivity index (χ0n) is 16.4. The number of esters is 1. The molecule has 1 aliphatic heterocycles. The van der Waals surface area contributed by atoms with Gasteiger partial charge in [0.1, 0.15) is 4.88 Å². The van der Waals surface area contributed by atoms with Crippen molar-refractivity contribution >= 4 is 22.4 Å². The SMILES string of the molecule is COC(=O)c1cnc(N2CCN(Cc3ccc(C(F)(F)F)cc3)C[C@H]2COC(F)F)s1. The van der Waals surface area contributed by atoms with E-state index in [0.29, 0.717) is 41.8 Å². The molecule has 0 radical (unpaired) electrons. The van der Waals surface area contributed by atoms with Crippen molar-refractivity contribution in [2.75, 3.05) is 38.3 Å². The molecule has 1 fully saturated rings. The molecule has 0 N–H and O–H groups in total. The molecular formula is C19H20F5N3O3S. The molecule has 0 spiro atoms. The van der Waals surface area contributed by atoms with Crippen LogP contribution in [0.25, 0.3) is 0 Å². The number of carbonyl (C=O) groups excluding carboxylic acids is 1. The average molecular weight is 465 g/mol. The van der Waals surface area contributed by atoms with Crippen molar-refractivity contribution in [1.82, 2.24) is 9.88 Å². The Morgan fingerprint density at radius 2 is 1.97 bits per heavy atom. The topological polar surface area (TPSA) is 54.9 Å². The van der Waals surface area contributed by atoms with Crippen LogP contribution in [0, 0.1) is 0 Å². The Morgan fingerprint density at radius 3 is 2.58 bits per heavy atom. The molecule has 6 nitrogen and oxygen atoms in total. The molecule has 1 atom stereocenters. The number of ether oxygens (including phenoxy) is 2. The highest BCUT2D eigenvalue weighted by molar-refractivity contribution is 7.17. The van der Waals surface area contributed by atoms with Gasteiger partial charge in [-0.05, 0) is 17.7 Å². The predicted molar refractivity (Wildman–Crippen MR) is 103 cm³/mol. The van der Waals surface area contributed by atoms with Crippen LogP contribution in [-0.4, -0.2) is 61.9 Å². The van der Waals surface area contributed by atoms with Gasteiger partial charge in [-0.2, -0.15) is 22.0 Å². The van der Waals surface area contributed by atoms with E-state index in [1.54, 1.807) is 4.90 Å². The number of benzene rings is 1. The lowest BCUT2D eigenvalue weighted by Gasteiger charge is -2.41. The van der Waals surface area contributed by atoms with Crippen LogP contribution in [0.5, 0.6) is 0 Å². The normalized spacial score (nSPS) is 17.9. The van der Waals surface area contributed by atoms with E-state index in [0.717, 1.165) is 23.5 Å². The number of hydrogen-bond acceptors (Lipinski definition) is 7. The first kappa shape index (κ1) is 23.4. The van der Waals surface area contributed by atoms with Crippen LogP contribution in [0.4, 0.5) is 27.1 Å². The second-order valence-corrected chi connectivity index (χ2v) is 7.88. The summed E-state index contributed by atoms with van der Waals surface area (Å²) in [6, 6.07) is 4.38. The van der Waals surface area contributed by atoms with Crippen LogP contribution < -0.4 is 4.90 Å². The Labute approximate surface area is 179 Å². The largest absolute Gasteiger partial charge is 0.465 e. The van der Waals surface area contributed by atoms with E-state index in [1.807, 2.05) is 4.90 Å². The van der Waals surface area contributed by atoms with Gasteiger partial charge in [0.15, 0.2) is 5.13 Å². The van der Waals surface area contributed by atoms with Crippen molar-refractivity contribution in [3.63, 3.8) is 0 Å². The molecule has 170 valence electrons. The van der Waals surface area contributed by atoms with Gasteiger partial charge < -0.3 is 14.4 Å². The van der Waals surface area contributed by atoms with Gasteiger partial charge in [0.25, 0.3) is 0 Å². The summed E-state index contributed by atoms with van der Waals surface area (Å²) in [6.45, 7) is -1.56. The number of nitrogens with zero attached hydrogens (tertiary/aromatic N) is 3. The predicted octanol–water partition coefficient (Wildman–Crippen LogP) is 3.88. The van der Waals surface area contributed by atoms with Gasteiger partial charge in [-0.25, -0.2) is 9.78 Å². The van der Waals surface area contributed by atoms with Gasteiger partial charge in [-0.15, -0.1) is 0 Å². The van der Waals surface area contributed by atoms with Crippen molar-refractivity contribution in [3.05, 3.63) is 46.5 Å². The van der Waals surface area contributed by atoms with Crippen molar-refractivity contribution in [2.24, 2.45) is 0 Å². The fourth-order valence-electron chi connectivity index (χ4n) is 3.29. The molecule has 0 amide bonds. The molecule has 0 saturated carbocycles. The highest BCUT2D eigenvalue weighted by Crippen LogP contribution is 2.30. The first-order valence-electron chi connectivity index (χ1n) is 9.26. The van der Waals surface area contributed by atoms with E-state index in [2.05, 4.69) is 14.5 Å². The molecule has 0 unspecified atom stereocenters. The molecule has 1 aliphatic rings. The second-order valence-electron chi connectivity index (χ2n) is 6.87. The molecule has 0 bridgehead atoms. The minimum Gasteiger partial charge on any atom is -0.465 e. The number of aromatic nitrogens is 1. The Kier molecular flexibility index (Phi) is 7.44. The number of hydrogen-bond donors (Lipinski definition) is 0. The smallest absolute Gasteiger partial charge is 0.416 e. The number of piperazine rings is 1. The summed E-state index contributed by atoms with van der Waals surface area (Å²) < 4.78 is 72.6. The third-order valence-electron chi connectivity index (χ3n) is 4.79. The zero-order valence-corrected chi connectivity index (χ0v) is 17.3. The number of thiazole rings is 1. The lowest BCUT2D eigenvalue weighted by molar-refractivity contribution is -0.137. The summed E-state index contributed by atoms with van der Waals surface area (Å²) in [5.41, 5.74) is -0.0494. The summed E-state index contributed by atoms with van der Waals surface area (Å²) in [6.07, 6.45) is -3.04. The van der Waals surface area contributed by atoms with Crippen molar-refractivity contribution < 1.29 is 36.2 Å². The van der Waals surface area contributed by atoms with Gasteiger partial charge in [-0.1, -0.05) is 23.5 Å². The Hall–Kier alpha value is -2.31. The number of carbonyl (C=O) groups is 1. The van der Waals surface area contributed by atoms with Crippen LogP contribution in [0.15, 0.2) is 30.5 Å². The van der Waals surface area contributed by atoms with Crippen LogP contribution in [-0.2, 0) is 22.2 Å². The van der Waals surface area contributed by atoms with E-state index >= 15 is 0 Å². The minimum absolute atomic E-state index is 0.270. The van der Waals surface area contributed by atoms with Crippen molar-refractivity contribution in [3.8, 4) is 0 Å². The van der Waals surface area contributed by atoms with Crippen LogP contribution in [0.2, 0.25) is 0 Å². The maximum Gasteiger partial charge on any atom is 0.416 e. The summed E-state index contributed by atoms with van der Waals surface area (Å²) in [7, 11) is 1.25. The lowest BCUT2D eigenvalue weighted by atomic mass is 10.1. The molecule has 31 heavy (non-hydrogen) atoms. The number of anilines is 1. The molecule has 0 aliphatic carbocycles. The molecule has 2 heterocycles. The molecule has 1 aromatic carbocycles. The fraction of sp³-hybridized carbons (Fsp3) is 0.474. The van der Waals surface area contributed by atoms with E-state index in [4.69, 9.17) is 0 Å². The molecule has 2 aromatic rings. The van der Waals surface area contributed by atoms with E-state index in [1.165, 1.54) is 25.4 Å². The van der Waals surface area contributed by atoms with Crippen LogP contribution >= 0.6 is 11.3 Å². The van der Waals surface area contributed by atoms with E-state index in [-0.39, 0.29) is 6.61 Å². The number of rotatable bonds is 7. The van der Waals surface area contributed by atoms with Gasteiger partial charge in [0.05, 0.1) is 31.5 Å². The maximum atomic E-state index is 12.7. The third kappa shape index (κ3) is 6.11. The first-order valence-corrected chi connectivity index (χ1v) is 10.1. The first-order chi connectivity index (χ1) is 14.7. The summed E-state index contributed by atoms with van der Waals surface area (Å²) in [5, 5.41) is 0.484. The highest BCUT2D eigenvalue weighted by atomic mass is 32.1. The molecule has 3 rings (SSSR count). The molecule has 1 saturated heterocycles. The Bertz CT molecular complexity index is 875. The average Bonchev–Trinajstić information content (AvgIpc) is 3.21. The Balaban J connectivity index is 1.70. The Morgan fingerprint density at radius 1 is 1.26 bits per heavy atom. The van der Waals surface area contributed by atoms with Crippen molar-refractivity contribution in [2.45, 2.75) is 25.4 Å². The van der Waals surface area contributed by atoms with E-state index < -0.39 is 30.4 Å². The number of alkyl halides is 5. The summed E-state index contributed by atoms with van der Waals surface area (Å²) >= 11 is 1.09. The summed E-state index contributed by atoms with van der Waals surface area (Å²) in [5.74, 6) is -0.537. The third-order valence-corrected chi connectivity index (χ3v) is 5.81. The lowest BCUT2D eigenvalue weighted by Crippen LogP contribution is -2.55. The number of methoxy groups -OCH3 is 1. The van der Waals surface area contributed by atoms with Gasteiger partial charge in [0.2, 0.25) is 0 Å². The van der Waals surface area contributed by atoms with E-state index in [9.17, 15) is 26.7 Å². The molecule has 12 heteroatoms.